The second-order valence-electron chi connectivity index (χ2n) is 3.90. The summed E-state index contributed by atoms with van der Waals surface area (Å²) >= 11 is 5.35. The van der Waals surface area contributed by atoms with Crippen LogP contribution in [0.1, 0.15) is 11.1 Å². The Kier molecular flexibility index (Phi) is 4.49. The molecule has 1 rings (SSSR count). The van der Waals surface area contributed by atoms with E-state index in [0.717, 1.165) is 11.1 Å². The van der Waals surface area contributed by atoms with Crippen LogP contribution in [0.15, 0.2) is 12.1 Å². The highest BCUT2D eigenvalue weighted by atomic mass is 35.5. The van der Waals surface area contributed by atoms with Gasteiger partial charge in [-0.25, -0.2) is 0 Å². The fraction of sp³-hybridized carbons (Fsp3) is 0.364. The summed E-state index contributed by atoms with van der Waals surface area (Å²) in [6, 6.07) is 1.49. The number of nitrogens with one attached hydrogen (secondary N) is 1. The number of rotatable bonds is 4. The first-order valence-corrected chi connectivity index (χ1v) is 5.70. The third-order valence-corrected chi connectivity index (χ3v) is 2.87. The van der Waals surface area contributed by atoms with E-state index in [9.17, 15) is 20.0 Å². The number of amides is 1. The average molecular weight is 273 g/mol. The van der Waals surface area contributed by atoms with Crippen LogP contribution in [0.5, 0.6) is 5.75 Å². The van der Waals surface area contributed by atoms with Gasteiger partial charge in [-0.3, -0.25) is 14.9 Å². The Morgan fingerprint density at radius 2 is 2.06 bits per heavy atom. The molecule has 0 heterocycles. The van der Waals surface area contributed by atoms with E-state index in [0.29, 0.717) is 0 Å². The minimum Gasteiger partial charge on any atom is -0.506 e. The van der Waals surface area contributed by atoms with Gasteiger partial charge in [-0.2, -0.15) is 0 Å². The van der Waals surface area contributed by atoms with E-state index in [1.165, 1.54) is 6.07 Å². The minimum atomic E-state index is -1.53. The summed E-state index contributed by atoms with van der Waals surface area (Å²) in [5.74, 6) is -1.42. The molecule has 0 bridgehead atoms. The Balaban J connectivity index is 2.94. The van der Waals surface area contributed by atoms with Crippen LogP contribution in [0.3, 0.4) is 0 Å². The summed E-state index contributed by atoms with van der Waals surface area (Å²) in [5, 5.41) is 22.5. The lowest BCUT2D eigenvalue weighted by Crippen LogP contribution is -2.36. The fourth-order valence-corrected chi connectivity index (χ4v) is 1.59. The van der Waals surface area contributed by atoms with Gasteiger partial charge >= 0.3 is 11.9 Å². The van der Waals surface area contributed by atoms with Crippen molar-refractivity contribution in [1.82, 2.24) is 0 Å². The Bertz CT molecular complexity index is 490. The molecule has 6 nitrogen and oxygen atoms in total. The predicted molar refractivity (Wildman–Crippen MR) is 67.7 cm³/mol. The molecule has 0 aliphatic carbocycles. The van der Waals surface area contributed by atoms with Gasteiger partial charge in [-0.05, 0) is 37.1 Å². The van der Waals surface area contributed by atoms with Gasteiger partial charge in [-0.15, -0.1) is 11.6 Å². The van der Waals surface area contributed by atoms with Crippen molar-refractivity contribution in [2.24, 2.45) is 0 Å². The normalized spacial score (nSPS) is 11.9. The molecule has 1 aromatic rings. The number of phenolic OH excluding ortho intramolecular Hbond substituents is 1. The summed E-state index contributed by atoms with van der Waals surface area (Å²) in [6.07, 6.45) is 0. The van der Waals surface area contributed by atoms with Crippen molar-refractivity contribution in [1.29, 1.82) is 0 Å². The molecule has 0 aliphatic rings. The summed E-state index contributed by atoms with van der Waals surface area (Å²) in [4.78, 5) is 21.4. The van der Waals surface area contributed by atoms with Crippen molar-refractivity contribution in [3.63, 3.8) is 0 Å². The molecule has 7 heteroatoms. The molecule has 1 aromatic carbocycles. The first kappa shape index (κ1) is 14.2. The molecule has 0 saturated heterocycles. The monoisotopic (exact) mass is 272 g/mol. The Labute approximate surface area is 109 Å². The highest BCUT2D eigenvalue weighted by Crippen LogP contribution is 2.26. The average Bonchev–Trinajstić information content (AvgIpc) is 2.26. The van der Waals surface area contributed by atoms with Crippen LogP contribution in [0.4, 0.5) is 5.69 Å². The number of carbonyl (C=O) groups excluding carboxylic acids is 1. The molecule has 0 aromatic heterocycles. The number of phenols is 1. The SMILES string of the molecule is Cc1cc(O)c(NC(=O)C(CCl)[N+](=O)[O-])cc1C. The second-order valence-corrected chi connectivity index (χ2v) is 4.21. The highest BCUT2D eigenvalue weighted by molar-refractivity contribution is 6.20. The van der Waals surface area contributed by atoms with Crippen molar-refractivity contribution in [3.05, 3.63) is 33.4 Å². The molecule has 1 atom stereocenters. The number of anilines is 1. The minimum absolute atomic E-state index is 0.136. The van der Waals surface area contributed by atoms with Crippen LogP contribution in [0, 0.1) is 24.0 Å². The van der Waals surface area contributed by atoms with Gasteiger partial charge in [0, 0.05) is 4.92 Å². The Hall–Kier alpha value is -1.82. The number of carbonyl (C=O) groups is 1. The van der Waals surface area contributed by atoms with Crippen molar-refractivity contribution in [3.8, 4) is 5.75 Å². The maximum absolute atomic E-state index is 11.6. The number of hydrogen-bond acceptors (Lipinski definition) is 4. The Morgan fingerprint density at radius 1 is 1.50 bits per heavy atom. The smallest absolute Gasteiger partial charge is 0.303 e. The fourth-order valence-electron chi connectivity index (χ4n) is 1.34. The molecule has 1 unspecified atom stereocenters. The second kappa shape index (κ2) is 5.68. The van der Waals surface area contributed by atoms with Crippen molar-refractivity contribution >= 4 is 23.2 Å². The number of nitro groups is 1. The lowest BCUT2D eigenvalue weighted by atomic mass is 10.1. The van der Waals surface area contributed by atoms with Gasteiger partial charge in [0.15, 0.2) is 0 Å². The van der Waals surface area contributed by atoms with E-state index in [4.69, 9.17) is 11.6 Å². The van der Waals surface area contributed by atoms with Crippen LogP contribution in [0.2, 0.25) is 0 Å². The third kappa shape index (κ3) is 3.10. The molecule has 1 amide bonds. The first-order valence-electron chi connectivity index (χ1n) is 5.17. The lowest BCUT2D eigenvalue weighted by Gasteiger charge is -2.11. The van der Waals surface area contributed by atoms with Crippen LogP contribution in [0.25, 0.3) is 0 Å². The molecule has 2 N–H and O–H groups in total. The number of hydrogen-bond donors (Lipinski definition) is 2. The van der Waals surface area contributed by atoms with Gasteiger partial charge in [0.05, 0.1) is 11.6 Å². The van der Waals surface area contributed by atoms with Crippen LogP contribution >= 0.6 is 11.6 Å². The molecule has 0 aliphatic heterocycles. The number of aromatic hydroxyl groups is 1. The molecule has 18 heavy (non-hydrogen) atoms. The molecular weight excluding hydrogens is 260 g/mol. The molecule has 0 spiro atoms. The lowest BCUT2D eigenvalue weighted by molar-refractivity contribution is -0.501. The molecule has 0 radical (unpaired) electrons. The molecule has 98 valence electrons. The van der Waals surface area contributed by atoms with Gasteiger partial charge in [0.2, 0.25) is 0 Å². The number of aryl methyl sites for hydroxylation is 2. The van der Waals surface area contributed by atoms with Crippen LogP contribution < -0.4 is 5.32 Å². The van der Waals surface area contributed by atoms with Gasteiger partial charge < -0.3 is 10.4 Å². The first-order chi connectivity index (χ1) is 8.36. The van der Waals surface area contributed by atoms with E-state index < -0.39 is 22.8 Å². The summed E-state index contributed by atoms with van der Waals surface area (Å²) < 4.78 is 0. The molecular formula is C11H13ClN2O4. The van der Waals surface area contributed by atoms with Crippen LogP contribution in [-0.4, -0.2) is 27.9 Å². The zero-order chi connectivity index (χ0) is 13.9. The van der Waals surface area contributed by atoms with Gasteiger partial charge in [0.1, 0.15) is 5.75 Å². The van der Waals surface area contributed by atoms with Crippen LogP contribution in [-0.2, 0) is 4.79 Å². The van der Waals surface area contributed by atoms with E-state index in [1.807, 2.05) is 0 Å². The van der Waals surface area contributed by atoms with Crippen molar-refractivity contribution in [2.75, 3.05) is 11.2 Å². The van der Waals surface area contributed by atoms with Crippen molar-refractivity contribution < 1.29 is 14.8 Å². The quantitative estimate of drug-likeness (QED) is 0.378. The zero-order valence-electron chi connectivity index (χ0n) is 9.94. The van der Waals surface area contributed by atoms with E-state index in [2.05, 4.69) is 5.32 Å². The summed E-state index contributed by atoms with van der Waals surface area (Å²) in [5.41, 5.74) is 1.85. The number of benzene rings is 1. The summed E-state index contributed by atoms with van der Waals surface area (Å²) in [6.45, 7) is 3.61. The van der Waals surface area contributed by atoms with Gasteiger partial charge in [0.25, 0.3) is 0 Å². The Morgan fingerprint density at radius 3 is 2.56 bits per heavy atom. The topological polar surface area (TPSA) is 92.5 Å². The van der Waals surface area contributed by atoms with E-state index in [-0.39, 0.29) is 11.4 Å². The maximum atomic E-state index is 11.6. The highest BCUT2D eigenvalue weighted by Gasteiger charge is 2.29. The van der Waals surface area contributed by atoms with E-state index in [1.54, 1.807) is 19.9 Å². The zero-order valence-corrected chi connectivity index (χ0v) is 10.7. The molecule has 0 saturated carbocycles. The van der Waals surface area contributed by atoms with E-state index >= 15 is 0 Å². The number of nitrogens with zero attached hydrogens (tertiary/aromatic N) is 1. The maximum Gasteiger partial charge on any atom is 0.303 e. The number of alkyl halides is 1. The predicted octanol–water partition coefficient (Wildman–Crippen LogP) is 1.83. The molecule has 0 fully saturated rings. The number of halogens is 1. The van der Waals surface area contributed by atoms with Gasteiger partial charge in [-0.1, -0.05) is 0 Å². The summed E-state index contributed by atoms with van der Waals surface area (Å²) in [7, 11) is 0. The largest absolute Gasteiger partial charge is 0.506 e. The third-order valence-electron chi connectivity index (χ3n) is 2.57. The standard InChI is InChI=1S/C11H13ClN2O4/c1-6-3-8(10(15)4-7(6)2)13-11(16)9(5-12)14(17)18/h3-4,9,15H,5H2,1-2H3,(H,13,16). The van der Waals surface area contributed by atoms with Crippen molar-refractivity contribution in [2.45, 2.75) is 19.9 Å².